The topological polar surface area (TPSA) is 69.7 Å². The fourth-order valence-corrected chi connectivity index (χ4v) is 3.15. The molecular weight excluding hydrogens is 352 g/mol. The molecule has 132 valence electrons. The predicted octanol–water partition coefficient (Wildman–Crippen LogP) is 2.72. The number of halogens is 1. The van der Waals surface area contributed by atoms with Crippen molar-refractivity contribution in [2.24, 2.45) is 14.1 Å². The Bertz CT molecular complexity index is 1160. The molecule has 1 aromatic carbocycles. The number of anilines is 1. The number of fused-ring (bicyclic) bond motifs is 1. The van der Waals surface area contributed by atoms with Gasteiger partial charge in [-0.2, -0.15) is 0 Å². The molecule has 1 N–H and O–H groups in total. The van der Waals surface area contributed by atoms with Crippen molar-refractivity contribution in [3.63, 3.8) is 0 Å². The van der Waals surface area contributed by atoms with Gasteiger partial charge >= 0.3 is 5.69 Å². The Labute approximate surface area is 154 Å². The molecule has 0 atom stereocenters. The highest BCUT2D eigenvalue weighted by Gasteiger charge is 2.09. The first kappa shape index (κ1) is 16.4. The van der Waals surface area contributed by atoms with E-state index in [1.807, 2.05) is 24.3 Å². The zero-order chi connectivity index (χ0) is 18.3. The van der Waals surface area contributed by atoms with Crippen LogP contribution in [0, 0.1) is 0 Å². The van der Waals surface area contributed by atoms with Gasteiger partial charge in [-0.3, -0.25) is 9.13 Å². The largest absolute Gasteiger partial charge is 0.365 e. The van der Waals surface area contributed by atoms with E-state index in [2.05, 4.69) is 15.4 Å². The Morgan fingerprint density at radius 3 is 2.73 bits per heavy atom. The summed E-state index contributed by atoms with van der Waals surface area (Å²) in [6.45, 7) is 0.589. The number of nitrogens with zero attached hydrogens (tertiary/aromatic N) is 5. The van der Waals surface area contributed by atoms with Gasteiger partial charge in [-0.25, -0.2) is 14.5 Å². The van der Waals surface area contributed by atoms with Gasteiger partial charge in [-0.05, 0) is 29.8 Å². The summed E-state index contributed by atoms with van der Waals surface area (Å²) in [6.07, 6.45) is 3.48. The molecule has 0 aliphatic carbocycles. The summed E-state index contributed by atoms with van der Waals surface area (Å²) >= 11 is 6.15. The second-order valence-corrected chi connectivity index (χ2v) is 6.44. The predicted molar refractivity (Wildman–Crippen MR) is 102 cm³/mol. The molecule has 4 aromatic rings. The highest BCUT2D eigenvalue weighted by Crippen LogP contribution is 2.18. The summed E-state index contributed by atoms with van der Waals surface area (Å²) in [7, 11) is 3.55. The van der Waals surface area contributed by atoms with Crippen LogP contribution in [-0.4, -0.2) is 23.9 Å². The number of imidazole rings is 1. The van der Waals surface area contributed by atoms with E-state index in [-0.39, 0.29) is 5.69 Å². The first-order valence-electron chi connectivity index (χ1n) is 8.09. The van der Waals surface area contributed by atoms with E-state index in [0.29, 0.717) is 23.2 Å². The Balaban J connectivity index is 1.55. The SMILES string of the molecule is Cn1c(=O)n(C)c2cc(CNc3ccn(-c4ncccc4Cl)n3)ccc21. The number of hydrogen-bond donors (Lipinski definition) is 1. The first-order chi connectivity index (χ1) is 12.5. The van der Waals surface area contributed by atoms with Crippen LogP contribution < -0.4 is 11.0 Å². The van der Waals surface area contributed by atoms with Gasteiger partial charge in [0.05, 0.1) is 16.1 Å². The van der Waals surface area contributed by atoms with E-state index in [1.54, 1.807) is 52.4 Å². The Hall–Kier alpha value is -3.06. The zero-order valence-corrected chi connectivity index (χ0v) is 15.1. The molecule has 4 rings (SSSR count). The molecule has 0 radical (unpaired) electrons. The molecule has 3 heterocycles. The molecule has 0 bridgehead atoms. The van der Waals surface area contributed by atoms with Crippen LogP contribution in [0.15, 0.2) is 53.6 Å². The lowest BCUT2D eigenvalue weighted by atomic mass is 10.2. The average Bonchev–Trinajstić information content (AvgIpc) is 3.20. The summed E-state index contributed by atoms with van der Waals surface area (Å²) in [5, 5.41) is 8.27. The van der Waals surface area contributed by atoms with Crippen molar-refractivity contribution in [1.82, 2.24) is 23.9 Å². The number of hydrogen-bond acceptors (Lipinski definition) is 4. The fraction of sp³-hybridized carbons (Fsp3) is 0.167. The highest BCUT2D eigenvalue weighted by molar-refractivity contribution is 6.32. The molecule has 0 saturated carbocycles. The van der Waals surface area contributed by atoms with Crippen LogP contribution in [0.2, 0.25) is 5.02 Å². The van der Waals surface area contributed by atoms with Crippen molar-refractivity contribution >= 4 is 28.5 Å². The van der Waals surface area contributed by atoms with E-state index in [0.717, 1.165) is 16.6 Å². The van der Waals surface area contributed by atoms with E-state index in [9.17, 15) is 4.79 Å². The molecule has 0 fully saturated rings. The van der Waals surface area contributed by atoms with Gasteiger partial charge in [0.1, 0.15) is 5.82 Å². The van der Waals surface area contributed by atoms with E-state index in [4.69, 9.17) is 11.6 Å². The third kappa shape index (κ3) is 2.76. The summed E-state index contributed by atoms with van der Waals surface area (Å²) < 4.78 is 4.93. The standard InChI is InChI=1S/C18H17ClN6O/c1-23-14-6-5-12(10-15(14)24(2)18(23)26)11-21-16-7-9-25(22-16)17-13(19)4-3-8-20-17/h3-10H,11H2,1-2H3,(H,21,22). The van der Waals surface area contributed by atoms with Crippen molar-refractivity contribution < 1.29 is 0 Å². The summed E-state index contributed by atoms with van der Waals surface area (Å²) in [5.74, 6) is 1.30. The Morgan fingerprint density at radius 2 is 1.92 bits per heavy atom. The summed E-state index contributed by atoms with van der Waals surface area (Å²) in [4.78, 5) is 16.3. The molecule has 0 amide bonds. The van der Waals surface area contributed by atoms with Crippen LogP contribution in [0.25, 0.3) is 16.9 Å². The molecule has 0 aliphatic rings. The van der Waals surface area contributed by atoms with Gasteiger partial charge in [-0.1, -0.05) is 17.7 Å². The van der Waals surface area contributed by atoms with Crippen LogP contribution in [-0.2, 0) is 20.6 Å². The lowest BCUT2D eigenvalue weighted by molar-refractivity contribution is 0.795. The number of nitrogens with one attached hydrogen (secondary N) is 1. The van der Waals surface area contributed by atoms with Crippen LogP contribution in [0.4, 0.5) is 5.82 Å². The normalized spacial score (nSPS) is 11.2. The second kappa shape index (κ2) is 6.34. The second-order valence-electron chi connectivity index (χ2n) is 6.03. The van der Waals surface area contributed by atoms with Crippen LogP contribution in [0.5, 0.6) is 0 Å². The van der Waals surface area contributed by atoms with Gasteiger partial charge in [0.25, 0.3) is 0 Å². The molecule has 7 nitrogen and oxygen atoms in total. The first-order valence-corrected chi connectivity index (χ1v) is 8.47. The Morgan fingerprint density at radius 1 is 1.12 bits per heavy atom. The van der Waals surface area contributed by atoms with Crippen LogP contribution in [0.3, 0.4) is 0 Å². The van der Waals surface area contributed by atoms with Crippen molar-refractivity contribution in [2.45, 2.75) is 6.54 Å². The maximum Gasteiger partial charge on any atom is 0.328 e. The van der Waals surface area contributed by atoms with Gasteiger partial charge in [-0.15, -0.1) is 5.10 Å². The molecule has 0 aliphatic heterocycles. The number of pyridine rings is 1. The minimum atomic E-state index is -0.0314. The zero-order valence-electron chi connectivity index (χ0n) is 14.3. The monoisotopic (exact) mass is 368 g/mol. The van der Waals surface area contributed by atoms with Crippen LogP contribution in [0.1, 0.15) is 5.56 Å². The molecule has 26 heavy (non-hydrogen) atoms. The van der Waals surface area contributed by atoms with E-state index >= 15 is 0 Å². The number of rotatable bonds is 4. The molecule has 8 heteroatoms. The third-order valence-electron chi connectivity index (χ3n) is 4.36. The minimum Gasteiger partial charge on any atom is -0.365 e. The minimum absolute atomic E-state index is 0.0314. The molecular formula is C18H17ClN6O. The molecule has 3 aromatic heterocycles. The smallest absolute Gasteiger partial charge is 0.328 e. The molecule has 0 unspecified atom stereocenters. The van der Waals surface area contributed by atoms with E-state index < -0.39 is 0 Å². The quantitative estimate of drug-likeness (QED) is 0.601. The van der Waals surface area contributed by atoms with Crippen molar-refractivity contribution in [2.75, 3.05) is 5.32 Å². The number of aromatic nitrogens is 5. The third-order valence-corrected chi connectivity index (χ3v) is 4.65. The Kier molecular flexibility index (Phi) is 4.00. The maximum absolute atomic E-state index is 12.0. The van der Waals surface area contributed by atoms with Crippen LogP contribution >= 0.6 is 11.6 Å². The lowest BCUT2D eigenvalue weighted by Gasteiger charge is -2.05. The summed E-state index contributed by atoms with van der Waals surface area (Å²) in [6, 6.07) is 11.4. The summed E-state index contributed by atoms with van der Waals surface area (Å²) in [5.41, 5.74) is 2.85. The fourth-order valence-electron chi connectivity index (χ4n) is 2.94. The highest BCUT2D eigenvalue weighted by atomic mass is 35.5. The number of benzene rings is 1. The van der Waals surface area contributed by atoms with Crippen molar-refractivity contribution in [1.29, 1.82) is 0 Å². The lowest BCUT2D eigenvalue weighted by Crippen LogP contribution is -2.19. The van der Waals surface area contributed by atoms with Crippen molar-refractivity contribution in [3.8, 4) is 5.82 Å². The molecule has 0 saturated heterocycles. The van der Waals surface area contributed by atoms with E-state index in [1.165, 1.54) is 0 Å². The van der Waals surface area contributed by atoms with Gasteiger partial charge < -0.3 is 5.32 Å². The van der Waals surface area contributed by atoms with Gasteiger partial charge in [0.15, 0.2) is 5.82 Å². The number of aryl methyl sites for hydroxylation is 2. The van der Waals surface area contributed by atoms with Gasteiger partial charge in [0.2, 0.25) is 0 Å². The van der Waals surface area contributed by atoms with Crippen molar-refractivity contribution in [3.05, 3.63) is 69.9 Å². The average molecular weight is 369 g/mol. The molecule has 0 spiro atoms. The maximum atomic E-state index is 12.0. The van der Waals surface area contributed by atoms with Gasteiger partial charge in [0, 0.05) is 39.1 Å².